The van der Waals surface area contributed by atoms with Crippen LogP contribution in [0.15, 0.2) is 45.8 Å². The van der Waals surface area contributed by atoms with Crippen LogP contribution in [0, 0.1) is 11.3 Å². The van der Waals surface area contributed by atoms with Crippen LogP contribution in [-0.4, -0.2) is 8.42 Å². The molecule has 2 aromatic rings. The maximum absolute atomic E-state index is 12.3. The molecule has 0 unspecified atom stereocenters. The first kappa shape index (κ1) is 15.6. The Morgan fingerprint density at radius 1 is 1.24 bits per heavy atom. The van der Waals surface area contributed by atoms with Gasteiger partial charge in [0.2, 0.25) is 0 Å². The minimum atomic E-state index is -3.86. The fourth-order valence-corrected chi connectivity index (χ4v) is 3.51. The number of nitrogen functional groups attached to an aromatic ring is 1. The predicted octanol–water partition coefficient (Wildman–Crippen LogP) is 3.36. The summed E-state index contributed by atoms with van der Waals surface area (Å²) in [5.41, 5.74) is 6.23. The number of hydrogen-bond acceptors (Lipinski definition) is 4. The number of nitriles is 1. The van der Waals surface area contributed by atoms with Gasteiger partial charge in [-0.3, -0.25) is 4.72 Å². The number of hydrogen-bond donors (Lipinski definition) is 2. The number of nitrogens with two attached hydrogens (primary N) is 1. The van der Waals surface area contributed by atoms with Crippen molar-refractivity contribution in [3.8, 4) is 6.07 Å². The molecule has 0 aromatic heterocycles. The van der Waals surface area contributed by atoms with Crippen molar-refractivity contribution in [2.75, 3.05) is 10.5 Å². The number of benzene rings is 2. The molecule has 0 aliphatic carbocycles. The molecule has 0 amide bonds. The van der Waals surface area contributed by atoms with Crippen LogP contribution in [0.4, 0.5) is 11.4 Å². The second kappa shape index (κ2) is 5.93. The number of halogens is 2. The minimum Gasteiger partial charge on any atom is -0.398 e. The van der Waals surface area contributed by atoms with Crippen molar-refractivity contribution >= 4 is 48.9 Å². The third kappa shape index (κ3) is 3.47. The molecule has 0 atom stereocenters. The molecule has 8 heteroatoms. The maximum Gasteiger partial charge on any atom is 0.263 e. The Morgan fingerprint density at radius 3 is 2.62 bits per heavy atom. The Kier molecular flexibility index (Phi) is 4.42. The van der Waals surface area contributed by atoms with Gasteiger partial charge >= 0.3 is 0 Å². The van der Waals surface area contributed by atoms with Crippen LogP contribution in [0.1, 0.15) is 5.56 Å². The summed E-state index contributed by atoms with van der Waals surface area (Å²) in [6, 6.07) is 10.7. The summed E-state index contributed by atoms with van der Waals surface area (Å²) in [6.45, 7) is 0. The number of nitrogens with zero attached hydrogens (tertiary/aromatic N) is 1. The van der Waals surface area contributed by atoms with Crippen molar-refractivity contribution in [1.82, 2.24) is 0 Å². The molecule has 0 fully saturated rings. The summed E-state index contributed by atoms with van der Waals surface area (Å²) in [5.74, 6) is 0. The molecule has 108 valence electrons. The van der Waals surface area contributed by atoms with E-state index < -0.39 is 10.0 Å². The van der Waals surface area contributed by atoms with Crippen LogP contribution in [0.25, 0.3) is 0 Å². The van der Waals surface area contributed by atoms with E-state index in [4.69, 9.17) is 22.6 Å². The van der Waals surface area contributed by atoms with Gasteiger partial charge in [-0.15, -0.1) is 0 Å². The fourth-order valence-electron chi connectivity index (χ4n) is 1.63. The average Bonchev–Trinajstić information content (AvgIpc) is 2.43. The van der Waals surface area contributed by atoms with Crippen molar-refractivity contribution in [3.05, 3.63) is 51.5 Å². The van der Waals surface area contributed by atoms with Crippen molar-refractivity contribution in [2.45, 2.75) is 4.90 Å². The highest BCUT2D eigenvalue weighted by atomic mass is 79.9. The quantitative estimate of drug-likeness (QED) is 0.791. The third-order valence-electron chi connectivity index (χ3n) is 2.60. The Bertz CT molecular complexity index is 847. The largest absolute Gasteiger partial charge is 0.398 e. The van der Waals surface area contributed by atoms with Crippen LogP contribution in [0.3, 0.4) is 0 Å². The van der Waals surface area contributed by atoms with Crippen LogP contribution in [-0.2, 0) is 10.0 Å². The predicted molar refractivity (Wildman–Crippen MR) is 85.5 cm³/mol. The van der Waals surface area contributed by atoms with E-state index in [9.17, 15) is 8.42 Å². The molecule has 0 radical (unpaired) electrons. The molecule has 0 heterocycles. The normalized spacial score (nSPS) is 10.9. The molecule has 0 bridgehead atoms. The summed E-state index contributed by atoms with van der Waals surface area (Å²) in [5, 5.41) is 9.15. The van der Waals surface area contributed by atoms with Crippen molar-refractivity contribution in [1.29, 1.82) is 5.26 Å². The molecule has 0 spiro atoms. The molecule has 0 aliphatic rings. The SMILES string of the molecule is N#Cc1cc(NS(=O)(=O)c2cc(Br)ccc2N)ccc1Cl. The lowest BCUT2D eigenvalue weighted by molar-refractivity contribution is 0.601. The topological polar surface area (TPSA) is 96.0 Å². The van der Waals surface area contributed by atoms with E-state index in [-0.39, 0.29) is 26.9 Å². The van der Waals surface area contributed by atoms with Crippen LogP contribution in [0.2, 0.25) is 5.02 Å². The zero-order valence-corrected chi connectivity index (χ0v) is 13.6. The average molecular weight is 387 g/mol. The van der Waals surface area contributed by atoms with Gasteiger partial charge < -0.3 is 5.73 Å². The smallest absolute Gasteiger partial charge is 0.263 e. The van der Waals surface area contributed by atoms with Crippen molar-refractivity contribution < 1.29 is 8.42 Å². The first-order valence-electron chi connectivity index (χ1n) is 5.61. The molecule has 0 saturated heterocycles. The van der Waals surface area contributed by atoms with E-state index in [0.29, 0.717) is 4.47 Å². The molecule has 0 saturated carbocycles. The number of anilines is 2. The minimum absolute atomic E-state index is 0.0506. The highest BCUT2D eigenvalue weighted by Gasteiger charge is 2.18. The van der Waals surface area contributed by atoms with E-state index in [1.807, 2.05) is 6.07 Å². The van der Waals surface area contributed by atoms with Crippen LogP contribution in [0.5, 0.6) is 0 Å². The molecule has 2 aromatic carbocycles. The second-order valence-electron chi connectivity index (χ2n) is 4.09. The number of sulfonamides is 1. The van der Waals surface area contributed by atoms with E-state index in [2.05, 4.69) is 20.7 Å². The number of rotatable bonds is 3. The van der Waals surface area contributed by atoms with E-state index in [1.165, 1.54) is 30.3 Å². The molecular weight excluding hydrogens is 378 g/mol. The lowest BCUT2D eigenvalue weighted by Gasteiger charge is -2.11. The van der Waals surface area contributed by atoms with Gasteiger partial charge in [-0.1, -0.05) is 27.5 Å². The zero-order chi connectivity index (χ0) is 15.6. The highest BCUT2D eigenvalue weighted by Crippen LogP contribution is 2.26. The van der Waals surface area contributed by atoms with Gasteiger partial charge in [-0.2, -0.15) is 5.26 Å². The molecule has 21 heavy (non-hydrogen) atoms. The summed E-state index contributed by atoms with van der Waals surface area (Å²) in [7, 11) is -3.86. The van der Waals surface area contributed by atoms with Crippen LogP contribution < -0.4 is 10.5 Å². The van der Waals surface area contributed by atoms with Crippen LogP contribution >= 0.6 is 27.5 Å². The molecule has 5 nitrogen and oxygen atoms in total. The Morgan fingerprint density at radius 2 is 1.95 bits per heavy atom. The summed E-state index contributed by atoms with van der Waals surface area (Å²) >= 11 is 9.00. The monoisotopic (exact) mass is 385 g/mol. The lowest BCUT2D eigenvalue weighted by Crippen LogP contribution is -2.15. The van der Waals surface area contributed by atoms with Gasteiger partial charge in [-0.05, 0) is 36.4 Å². The summed E-state index contributed by atoms with van der Waals surface area (Å²) in [4.78, 5) is -0.0506. The highest BCUT2D eigenvalue weighted by molar-refractivity contribution is 9.10. The Balaban J connectivity index is 2.43. The molecule has 0 aliphatic heterocycles. The zero-order valence-electron chi connectivity index (χ0n) is 10.5. The standard InChI is InChI=1S/C13H9BrClN3O2S/c14-9-1-4-12(17)13(6-9)21(19,20)18-10-2-3-11(15)8(5-10)7-16/h1-6,18H,17H2. The molecular formula is C13H9BrClN3O2S. The van der Waals surface area contributed by atoms with E-state index in [0.717, 1.165) is 0 Å². The third-order valence-corrected chi connectivity index (χ3v) is 4.86. The van der Waals surface area contributed by atoms with Gasteiger partial charge in [0, 0.05) is 4.47 Å². The van der Waals surface area contributed by atoms with Gasteiger partial charge in [0.1, 0.15) is 11.0 Å². The second-order valence-corrected chi connectivity index (χ2v) is 7.07. The molecule has 3 N–H and O–H groups in total. The van der Waals surface area contributed by atoms with Gasteiger partial charge in [-0.25, -0.2) is 8.42 Å². The summed E-state index contributed by atoms with van der Waals surface area (Å²) < 4.78 is 27.6. The first-order chi connectivity index (χ1) is 9.83. The molecule has 2 rings (SSSR count). The van der Waals surface area contributed by atoms with E-state index >= 15 is 0 Å². The lowest BCUT2D eigenvalue weighted by atomic mass is 10.2. The Hall–Kier alpha value is -1.75. The Labute approximate surface area is 135 Å². The van der Waals surface area contributed by atoms with Gasteiger partial charge in [0.25, 0.3) is 10.0 Å². The van der Waals surface area contributed by atoms with Crippen molar-refractivity contribution in [3.63, 3.8) is 0 Å². The van der Waals surface area contributed by atoms with Gasteiger partial charge in [0.15, 0.2) is 0 Å². The summed E-state index contributed by atoms with van der Waals surface area (Å²) in [6.07, 6.45) is 0. The van der Waals surface area contributed by atoms with Crippen molar-refractivity contribution in [2.24, 2.45) is 0 Å². The van der Waals surface area contributed by atoms with Gasteiger partial charge in [0.05, 0.1) is 22.0 Å². The van der Waals surface area contributed by atoms with E-state index in [1.54, 1.807) is 6.07 Å². The maximum atomic E-state index is 12.3. The number of nitrogens with one attached hydrogen (secondary N) is 1. The fraction of sp³-hybridized carbons (Fsp3) is 0. The first-order valence-corrected chi connectivity index (χ1v) is 8.26.